The van der Waals surface area contributed by atoms with Gasteiger partial charge in [-0.25, -0.2) is 13.6 Å². The molecule has 0 aliphatic heterocycles. The van der Waals surface area contributed by atoms with Gasteiger partial charge in [-0.1, -0.05) is 36.4 Å². The Bertz CT molecular complexity index is 1360. The molecular formula is C21H15N3O5S2. The van der Waals surface area contributed by atoms with Gasteiger partial charge >= 0.3 is 0 Å². The Morgan fingerprint density at radius 2 is 1.55 bits per heavy atom. The minimum atomic E-state index is -3.98. The highest BCUT2D eigenvalue weighted by Crippen LogP contribution is 2.27. The van der Waals surface area contributed by atoms with E-state index < -0.39 is 27.5 Å². The van der Waals surface area contributed by atoms with E-state index in [4.69, 9.17) is 5.14 Å². The third-order valence-corrected chi connectivity index (χ3v) is 6.32. The molecule has 0 saturated carbocycles. The molecule has 3 aromatic rings. The molecule has 2 aromatic carbocycles. The summed E-state index contributed by atoms with van der Waals surface area (Å²) in [5, 5.41) is 12.2. The van der Waals surface area contributed by atoms with Crippen LogP contribution in [0.5, 0.6) is 0 Å². The van der Waals surface area contributed by atoms with E-state index in [0.717, 1.165) is 0 Å². The van der Waals surface area contributed by atoms with Gasteiger partial charge in [0.15, 0.2) is 0 Å². The lowest BCUT2D eigenvalue weighted by atomic mass is 9.90. The van der Waals surface area contributed by atoms with E-state index in [9.17, 15) is 22.8 Å². The van der Waals surface area contributed by atoms with Gasteiger partial charge in [-0.15, -0.1) is 11.3 Å². The second-order valence-electron chi connectivity index (χ2n) is 6.58. The van der Waals surface area contributed by atoms with E-state index in [1.165, 1.54) is 47.7 Å². The van der Waals surface area contributed by atoms with Crippen molar-refractivity contribution in [3.05, 3.63) is 93.4 Å². The van der Waals surface area contributed by atoms with Crippen molar-refractivity contribution in [1.82, 2.24) is 5.32 Å². The number of allylic oxidation sites excluding steroid dienone is 2. The van der Waals surface area contributed by atoms with Crippen molar-refractivity contribution in [1.29, 1.82) is 0 Å². The summed E-state index contributed by atoms with van der Waals surface area (Å²) in [5.41, 5.74) is 0.165. The molecule has 10 heteroatoms. The van der Waals surface area contributed by atoms with Crippen LogP contribution >= 0.6 is 11.3 Å². The van der Waals surface area contributed by atoms with Gasteiger partial charge in [0.1, 0.15) is 11.4 Å². The number of rotatable bonds is 5. The average Bonchev–Trinajstić information content (AvgIpc) is 3.29. The van der Waals surface area contributed by atoms with E-state index in [2.05, 4.69) is 10.6 Å². The maximum absolute atomic E-state index is 13.2. The number of carbonyl (C=O) groups is 3. The highest BCUT2D eigenvalue weighted by Gasteiger charge is 2.33. The van der Waals surface area contributed by atoms with E-state index in [1.54, 1.807) is 29.6 Å². The van der Waals surface area contributed by atoms with Crippen molar-refractivity contribution < 1.29 is 22.8 Å². The lowest BCUT2D eigenvalue weighted by Gasteiger charge is -2.22. The summed E-state index contributed by atoms with van der Waals surface area (Å²) in [4.78, 5) is 39.1. The molecule has 0 saturated heterocycles. The van der Waals surface area contributed by atoms with Crippen LogP contribution in [0.2, 0.25) is 0 Å². The lowest BCUT2D eigenvalue weighted by molar-refractivity contribution is 0.0923. The highest BCUT2D eigenvalue weighted by atomic mass is 32.2. The Balaban J connectivity index is 1.80. The quantitative estimate of drug-likeness (QED) is 0.543. The highest BCUT2D eigenvalue weighted by molar-refractivity contribution is 7.89. The van der Waals surface area contributed by atoms with Crippen molar-refractivity contribution >= 4 is 44.5 Å². The van der Waals surface area contributed by atoms with Crippen LogP contribution in [0.1, 0.15) is 30.4 Å². The molecule has 4 N–H and O–H groups in total. The first-order valence-corrected chi connectivity index (χ1v) is 11.4. The normalized spacial score (nSPS) is 13.7. The number of anilines is 1. The molecule has 8 nitrogen and oxygen atoms in total. The molecule has 1 aromatic heterocycles. The molecule has 31 heavy (non-hydrogen) atoms. The monoisotopic (exact) mass is 453 g/mol. The predicted octanol–water partition coefficient (Wildman–Crippen LogP) is 2.53. The Kier molecular flexibility index (Phi) is 5.27. The fourth-order valence-corrected chi connectivity index (χ4v) is 4.27. The molecule has 1 aliphatic rings. The standard InChI is InChI=1S/C21H15N3O5S2/c22-31(28,29)13-6-3-5-12(11-13)23-17-18(24-21(27)16-9-4-10-30-16)20(26)15-8-2-1-7-14(15)19(17)25/h1-11,23H,(H,24,27)(H2,22,28,29). The number of sulfonamides is 1. The molecule has 0 spiro atoms. The number of amides is 1. The Hall–Kier alpha value is -3.60. The maximum atomic E-state index is 13.2. The number of primary sulfonamides is 1. The topological polar surface area (TPSA) is 135 Å². The van der Waals surface area contributed by atoms with Crippen LogP contribution < -0.4 is 15.8 Å². The molecular weight excluding hydrogens is 438 g/mol. The SMILES string of the molecule is NS(=O)(=O)c1cccc(NC2=C(NC(=O)c3cccs3)C(=O)c3ccccc3C2=O)c1. The summed E-state index contributed by atoms with van der Waals surface area (Å²) in [7, 11) is -3.98. The molecule has 0 unspecified atom stereocenters. The van der Waals surface area contributed by atoms with E-state index >= 15 is 0 Å². The zero-order chi connectivity index (χ0) is 22.2. The van der Waals surface area contributed by atoms with Crippen LogP contribution in [-0.2, 0) is 10.0 Å². The maximum Gasteiger partial charge on any atom is 0.265 e. The van der Waals surface area contributed by atoms with Crippen molar-refractivity contribution in [3.63, 3.8) is 0 Å². The summed E-state index contributed by atoms with van der Waals surface area (Å²) in [6.45, 7) is 0. The molecule has 4 rings (SSSR count). The van der Waals surface area contributed by atoms with Gasteiger partial charge in [-0.2, -0.15) is 0 Å². The molecule has 0 atom stereocenters. The number of fused-ring (bicyclic) bond motifs is 1. The van der Waals surface area contributed by atoms with Gasteiger partial charge in [0, 0.05) is 16.8 Å². The summed E-state index contributed by atoms with van der Waals surface area (Å²) in [6.07, 6.45) is 0. The summed E-state index contributed by atoms with van der Waals surface area (Å²) < 4.78 is 23.3. The third-order valence-electron chi connectivity index (χ3n) is 4.54. The second-order valence-corrected chi connectivity index (χ2v) is 9.09. The van der Waals surface area contributed by atoms with Gasteiger partial charge in [0.2, 0.25) is 21.6 Å². The van der Waals surface area contributed by atoms with Crippen LogP contribution in [0.4, 0.5) is 5.69 Å². The Labute approximate surface area is 181 Å². The molecule has 156 valence electrons. The molecule has 1 amide bonds. The van der Waals surface area contributed by atoms with Gasteiger partial charge in [-0.3, -0.25) is 14.4 Å². The van der Waals surface area contributed by atoms with E-state index in [0.29, 0.717) is 4.88 Å². The molecule has 0 fully saturated rings. The molecule has 0 radical (unpaired) electrons. The van der Waals surface area contributed by atoms with Crippen LogP contribution in [-0.4, -0.2) is 25.9 Å². The van der Waals surface area contributed by atoms with Crippen LogP contribution in [0.15, 0.2) is 82.3 Å². The first-order chi connectivity index (χ1) is 14.8. The first-order valence-electron chi connectivity index (χ1n) is 8.93. The molecule has 1 heterocycles. The number of thiophene rings is 1. The number of nitrogens with one attached hydrogen (secondary N) is 2. The smallest absolute Gasteiger partial charge is 0.265 e. The van der Waals surface area contributed by atoms with Crippen molar-refractivity contribution in [2.24, 2.45) is 5.14 Å². The minimum Gasteiger partial charge on any atom is -0.350 e. The third kappa shape index (κ3) is 4.04. The fraction of sp³-hybridized carbons (Fsp3) is 0. The number of nitrogens with two attached hydrogens (primary N) is 1. The fourth-order valence-electron chi connectivity index (χ4n) is 3.09. The zero-order valence-electron chi connectivity index (χ0n) is 15.8. The van der Waals surface area contributed by atoms with Crippen molar-refractivity contribution in [2.75, 3.05) is 5.32 Å². The van der Waals surface area contributed by atoms with Crippen LogP contribution in [0.3, 0.4) is 0 Å². The molecule has 1 aliphatic carbocycles. The first kappa shape index (κ1) is 20.7. The number of carbonyl (C=O) groups excluding carboxylic acids is 3. The van der Waals surface area contributed by atoms with Crippen molar-refractivity contribution in [3.8, 4) is 0 Å². The number of Topliss-reactive ketones (excluding diaryl/α,β-unsaturated/α-hetero) is 2. The number of hydrogen-bond acceptors (Lipinski definition) is 7. The summed E-state index contributed by atoms with van der Waals surface area (Å²) in [5.74, 6) is -1.59. The lowest BCUT2D eigenvalue weighted by Crippen LogP contribution is -2.36. The number of ketones is 2. The number of benzene rings is 2. The Morgan fingerprint density at radius 3 is 2.16 bits per heavy atom. The largest absolute Gasteiger partial charge is 0.350 e. The van der Waals surface area contributed by atoms with E-state index in [1.807, 2.05) is 0 Å². The van der Waals surface area contributed by atoms with E-state index in [-0.39, 0.29) is 33.1 Å². The van der Waals surface area contributed by atoms with Crippen molar-refractivity contribution in [2.45, 2.75) is 4.90 Å². The van der Waals surface area contributed by atoms with Gasteiger partial charge in [0.05, 0.1) is 9.77 Å². The van der Waals surface area contributed by atoms with Gasteiger partial charge in [0.25, 0.3) is 5.91 Å². The number of hydrogen-bond donors (Lipinski definition) is 3. The van der Waals surface area contributed by atoms with Gasteiger partial charge in [-0.05, 0) is 29.6 Å². The van der Waals surface area contributed by atoms with Crippen LogP contribution in [0, 0.1) is 0 Å². The molecule has 0 bridgehead atoms. The second kappa shape index (κ2) is 7.91. The summed E-state index contributed by atoms with van der Waals surface area (Å²) in [6, 6.07) is 15.0. The Morgan fingerprint density at radius 1 is 0.871 bits per heavy atom. The minimum absolute atomic E-state index is 0.165. The summed E-state index contributed by atoms with van der Waals surface area (Å²) >= 11 is 1.19. The predicted molar refractivity (Wildman–Crippen MR) is 115 cm³/mol. The van der Waals surface area contributed by atoms with Crippen LogP contribution in [0.25, 0.3) is 0 Å². The average molecular weight is 454 g/mol. The van der Waals surface area contributed by atoms with Gasteiger partial charge < -0.3 is 10.6 Å². The zero-order valence-corrected chi connectivity index (χ0v) is 17.4.